The van der Waals surface area contributed by atoms with Gasteiger partial charge in [-0.3, -0.25) is 0 Å². The second-order valence-electron chi connectivity index (χ2n) is 4.72. The van der Waals surface area contributed by atoms with Gasteiger partial charge >= 0.3 is 5.97 Å². The first kappa shape index (κ1) is 14.9. The summed E-state index contributed by atoms with van der Waals surface area (Å²) in [5, 5.41) is 0. The fraction of sp³-hybridized carbons (Fsp3) is 0.235. The van der Waals surface area contributed by atoms with Gasteiger partial charge in [-0.25, -0.2) is 4.79 Å². The smallest absolute Gasteiger partial charge is 0.347 e. The van der Waals surface area contributed by atoms with Gasteiger partial charge in [0.15, 0.2) is 0 Å². The molecule has 0 aliphatic carbocycles. The Bertz CT molecular complexity index is 645. The van der Waals surface area contributed by atoms with Crippen LogP contribution in [0.2, 0.25) is 0 Å². The van der Waals surface area contributed by atoms with Crippen LogP contribution in [0.25, 0.3) is 0 Å². The normalized spacial score (nSPS) is 10.1. The van der Waals surface area contributed by atoms with Gasteiger partial charge in [0, 0.05) is 6.07 Å². The van der Waals surface area contributed by atoms with Crippen LogP contribution in [0.3, 0.4) is 0 Å². The molecule has 4 heteroatoms. The molecule has 0 amide bonds. The van der Waals surface area contributed by atoms with Gasteiger partial charge in [0.1, 0.15) is 22.8 Å². The maximum absolute atomic E-state index is 12.3. The van der Waals surface area contributed by atoms with Gasteiger partial charge in [-0.1, -0.05) is 17.7 Å². The molecule has 21 heavy (non-hydrogen) atoms. The second-order valence-corrected chi connectivity index (χ2v) is 4.72. The van der Waals surface area contributed by atoms with E-state index in [0.717, 1.165) is 11.1 Å². The molecular formula is C17H18O4. The number of hydrogen-bond acceptors (Lipinski definition) is 4. The molecule has 0 unspecified atom stereocenters. The van der Waals surface area contributed by atoms with Gasteiger partial charge in [-0.05, 0) is 37.6 Å². The van der Waals surface area contributed by atoms with Gasteiger partial charge < -0.3 is 14.2 Å². The van der Waals surface area contributed by atoms with E-state index in [1.807, 2.05) is 26.0 Å². The van der Waals surface area contributed by atoms with E-state index < -0.39 is 5.97 Å². The van der Waals surface area contributed by atoms with Gasteiger partial charge in [-0.15, -0.1) is 0 Å². The lowest BCUT2D eigenvalue weighted by atomic mass is 10.1. The molecule has 0 fully saturated rings. The third-order valence-electron chi connectivity index (χ3n) is 3.17. The van der Waals surface area contributed by atoms with Crippen LogP contribution in [-0.2, 0) is 0 Å². The van der Waals surface area contributed by atoms with Crippen molar-refractivity contribution in [2.24, 2.45) is 0 Å². The second kappa shape index (κ2) is 6.31. The van der Waals surface area contributed by atoms with Crippen LogP contribution in [0, 0.1) is 13.8 Å². The molecule has 4 nitrogen and oxygen atoms in total. The van der Waals surface area contributed by atoms with Crippen molar-refractivity contribution in [3.8, 4) is 17.2 Å². The van der Waals surface area contributed by atoms with E-state index in [1.54, 1.807) is 31.4 Å². The van der Waals surface area contributed by atoms with Crippen LogP contribution in [0.15, 0.2) is 36.4 Å². The molecule has 0 atom stereocenters. The third kappa shape index (κ3) is 3.34. The summed E-state index contributed by atoms with van der Waals surface area (Å²) in [7, 11) is 3.08. The quantitative estimate of drug-likeness (QED) is 0.637. The highest BCUT2D eigenvalue weighted by atomic mass is 16.5. The standard InChI is InChI=1S/C17H18O4/c1-11-5-7-13(8-6-11)21-17(18)14-9-12(2)15(19-3)10-16(14)20-4/h5-10H,1-4H3. The molecule has 110 valence electrons. The van der Waals surface area contributed by atoms with Gasteiger partial charge in [0.05, 0.1) is 14.2 Å². The Morgan fingerprint density at radius 3 is 2.10 bits per heavy atom. The van der Waals surface area contributed by atoms with Crippen molar-refractivity contribution in [3.63, 3.8) is 0 Å². The fourth-order valence-corrected chi connectivity index (χ4v) is 1.99. The number of rotatable bonds is 4. The molecule has 0 saturated carbocycles. The van der Waals surface area contributed by atoms with Crippen molar-refractivity contribution in [2.45, 2.75) is 13.8 Å². The summed E-state index contributed by atoms with van der Waals surface area (Å²) in [5.41, 5.74) is 2.32. The Morgan fingerprint density at radius 1 is 0.905 bits per heavy atom. The van der Waals surface area contributed by atoms with Gasteiger partial charge in [-0.2, -0.15) is 0 Å². The highest BCUT2D eigenvalue weighted by Crippen LogP contribution is 2.29. The average molecular weight is 286 g/mol. The van der Waals surface area contributed by atoms with E-state index in [-0.39, 0.29) is 0 Å². The SMILES string of the molecule is COc1cc(OC)c(C(=O)Oc2ccc(C)cc2)cc1C. The maximum Gasteiger partial charge on any atom is 0.347 e. The highest BCUT2D eigenvalue weighted by molar-refractivity contribution is 5.94. The zero-order chi connectivity index (χ0) is 15.4. The summed E-state index contributed by atoms with van der Waals surface area (Å²) in [6.07, 6.45) is 0. The molecule has 0 bridgehead atoms. The number of aryl methyl sites for hydroxylation is 2. The molecule has 2 aromatic rings. The maximum atomic E-state index is 12.3. The molecule has 0 aliphatic rings. The van der Waals surface area contributed by atoms with Gasteiger partial charge in [0.2, 0.25) is 0 Å². The van der Waals surface area contributed by atoms with Crippen molar-refractivity contribution in [1.82, 2.24) is 0 Å². The zero-order valence-electron chi connectivity index (χ0n) is 12.6. The minimum atomic E-state index is -0.457. The summed E-state index contributed by atoms with van der Waals surface area (Å²) >= 11 is 0. The van der Waals surface area contributed by atoms with Crippen molar-refractivity contribution in [2.75, 3.05) is 14.2 Å². The minimum absolute atomic E-state index is 0.372. The first-order valence-corrected chi connectivity index (χ1v) is 6.56. The largest absolute Gasteiger partial charge is 0.496 e. The first-order chi connectivity index (χ1) is 10.0. The number of ether oxygens (including phenoxy) is 3. The molecule has 0 aliphatic heterocycles. The van der Waals surface area contributed by atoms with Crippen LogP contribution in [0.4, 0.5) is 0 Å². The summed E-state index contributed by atoms with van der Waals surface area (Å²) in [6.45, 7) is 3.84. The Labute approximate surface area is 124 Å². The molecule has 0 aromatic heterocycles. The predicted octanol–water partition coefficient (Wildman–Crippen LogP) is 3.54. The van der Waals surface area contributed by atoms with Crippen LogP contribution < -0.4 is 14.2 Å². The lowest BCUT2D eigenvalue weighted by Gasteiger charge is -2.12. The van der Waals surface area contributed by atoms with E-state index in [4.69, 9.17) is 14.2 Å². The van der Waals surface area contributed by atoms with Crippen molar-refractivity contribution in [1.29, 1.82) is 0 Å². The lowest BCUT2D eigenvalue weighted by molar-refractivity contribution is 0.0731. The van der Waals surface area contributed by atoms with E-state index in [1.165, 1.54) is 7.11 Å². The minimum Gasteiger partial charge on any atom is -0.496 e. The Kier molecular flexibility index (Phi) is 4.48. The lowest BCUT2D eigenvalue weighted by Crippen LogP contribution is -2.11. The number of esters is 1. The Morgan fingerprint density at radius 2 is 1.52 bits per heavy atom. The van der Waals surface area contributed by atoms with Crippen LogP contribution >= 0.6 is 0 Å². The number of benzene rings is 2. The van der Waals surface area contributed by atoms with Crippen molar-refractivity contribution in [3.05, 3.63) is 53.1 Å². The predicted molar refractivity (Wildman–Crippen MR) is 80.4 cm³/mol. The number of carbonyl (C=O) groups excluding carboxylic acids is 1. The van der Waals surface area contributed by atoms with Crippen LogP contribution in [0.1, 0.15) is 21.5 Å². The molecule has 2 rings (SSSR count). The van der Waals surface area contributed by atoms with E-state index in [0.29, 0.717) is 22.8 Å². The Balaban J connectivity index is 2.30. The number of methoxy groups -OCH3 is 2. The fourth-order valence-electron chi connectivity index (χ4n) is 1.99. The topological polar surface area (TPSA) is 44.8 Å². The summed E-state index contributed by atoms with van der Waals surface area (Å²) in [4.78, 5) is 12.3. The molecule has 0 spiro atoms. The summed E-state index contributed by atoms with van der Waals surface area (Å²) < 4.78 is 15.8. The molecule has 0 heterocycles. The number of carbonyl (C=O) groups is 1. The molecule has 2 aromatic carbocycles. The summed E-state index contributed by atoms with van der Waals surface area (Å²) in [6, 6.07) is 10.7. The number of hydrogen-bond donors (Lipinski definition) is 0. The monoisotopic (exact) mass is 286 g/mol. The molecule has 0 saturated heterocycles. The van der Waals surface area contributed by atoms with E-state index >= 15 is 0 Å². The third-order valence-corrected chi connectivity index (χ3v) is 3.17. The van der Waals surface area contributed by atoms with Gasteiger partial charge in [0.25, 0.3) is 0 Å². The van der Waals surface area contributed by atoms with Crippen LogP contribution in [0.5, 0.6) is 17.2 Å². The average Bonchev–Trinajstić information content (AvgIpc) is 2.49. The Hall–Kier alpha value is -2.49. The van der Waals surface area contributed by atoms with Crippen LogP contribution in [-0.4, -0.2) is 20.2 Å². The van der Waals surface area contributed by atoms with E-state index in [2.05, 4.69) is 0 Å². The highest BCUT2D eigenvalue weighted by Gasteiger charge is 2.17. The van der Waals surface area contributed by atoms with Crippen molar-refractivity contribution < 1.29 is 19.0 Å². The molecule has 0 N–H and O–H groups in total. The van der Waals surface area contributed by atoms with E-state index in [9.17, 15) is 4.79 Å². The molecular weight excluding hydrogens is 268 g/mol. The molecule has 0 radical (unpaired) electrons. The first-order valence-electron chi connectivity index (χ1n) is 6.56. The summed E-state index contributed by atoms with van der Waals surface area (Å²) in [5.74, 6) is 1.14. The van der Waals surface area contributed by atoms with Crippen molar-refractivity contribution >= 4 is 5.97 Å². The zero-order valence-corrected chi connectivity index (χ0v) is 12.6.